The van der Waals surface area contributed by atoms with Gasteiger partial charge in [0.2, 0.25) is 11.8 Å². The van der Waals surface area contributed by atoms with Crippen molar-refractivity contribution >= 4 is 35.2 Å². The number of hydrogen-bond acceptors (Lipinski definition) is 4. The summed E-state index contributed by atoms with van der Waals surface area (Å²) in [4.78, 5) is 38.5. The largest absolute Gasteiger partial charge is 0.478 e. The molecule has 7 heteroatoms. The molecular formula is C21H22N2O4S. The molecule has 0 spiro atoms. The van der Waals surface area contributed by atoms with E-state index in [1.807, 2.05) is 32.0 Å². The normalized spacial score (nSPS) is 16.1. The molecule has 1 atom stereocenters. The van der Waals surface area contributed by atoms with Crippen molar-refractivity contribution in [3.8, 4) is 0 Å². The van der Waals surface area contributed by atoms with E-state index < -0.39 is 12.0 Å². The number of anilines is 1. The molecule has 0 saturated carbocycles. The van der Waals surface area contributed by atoms with Gasteiger partial charge in [-0.2, -0.15) is 0 Å². The van der Waals surface area contributed by atoms with Gasteiger partial charge >= 0.3 is 5.97 Å². The van der Waals surface area contributed by atoms with Crippen LogP contribution in [0.5, 0.6) is 0 Å². The van der Waals surface area contributed by atoms with Crippen LogP contribution in [0.15, 0.2) is 42.5 Å². The third-order valence-electron chi connectivity index (χ3n) is 4.96. The first kappa shape index (κ1) is 19.9. The third-order valence-corrected chi connectivity index (χ3v) is 5.97. The Bertz CT molecular complexity index is 928. The maximum absolute atomic E-state index is 12.8. The lowest BCUT2D eigenvalue weighted by molar-refractivity contribution is -0.135. The summed E-state index contributed by atoms with van der Waals surface area (Å²) >= 11 is 1.51. The molecule has 1 aliphatic heterocycles. The van der Waals surface area contributed by atoms with Crippen molar-refractivity contribution in [2.75, 3.05) is 16.9 Å². The Morgan fingerprint density at radius 2 is 1.89 bits per heavy atom. The standard InChI is InChI=1S/C21H22N2O4S/c1-13-6-5-9-17(14(13)2)22-20(25)18-11-28-12-23(18)19(24)10-15-7-3-4-8-16(15)21(26)27/h3-9,18H,10-12H2,1-2H3,(H,22,25)(H,26,27). The van der Waals surface area contributed by atoms with Crippen LogP contribution in [0.25, 0.3) is 0 Å². The first-order chi connectivity index (χ1) is 13.4. The number of aryl methyl sites for hydroxylation is 1. The fraction of sp³-hybridized carbons (Fsp3) is 0.286. The van der Waals surface area contributed by atoms with Gasteiger partial charge < -0.3 is 15.3 Å². The highest BCUT2D eigenvalue weighted by Crippen LogP contribution is 2.25. The van der Waals surface area contributed by atoms with E-state index in [9.17, 15) is 19.5 Å². The van der Waals surface area contributed by atoms with E-state index in [1.54, 1.807) is 18.2 Å². The molecular weight excluding hydrogens is 376 g/mol. The van der Waals surface area contributed by atoms with Crippen molar-refractivity contribution in [2.45, 2.75) is 26.3 Å². The Labute approximate surface area is 167 Å². The van der Waals surface area contributed by atoms with E-state index in [-0.39, 0.29) is 23.8 Å². The van der Waals surface area contributed by atoms with Crippen LogP contribution in [0, 0.1) is 13.8 Å². The molecule has 0 radical (unpaired) electrons. The fourth-order valence-corrected chi connectivity index (χ4v) is 4.34. The summed E-state index contributed by atoms with van der Waals surface area (Å²) in [6, 6.07) is 11.6. The molecule has 1 aliphatic rings. The lowest BCUT2D eigenvalue weighted by Crippen LogP contribution is -2.45. The predicted octanol–water partition coefficient (Wildman–Crippen LogP) is 3.08. The van der Waals surface area contributed by atoms with Crippen molar-refractivity contribution in [3.63, 3.8) is 0 Å². The number of amides is 2. The van der Waals surface area contributed by atoms with E-state index in [1.165, 1.54) is 22.7 Å². The molecule has 1 heterocycles. The molecule has 2 aromatic rings. The number of thioether (sulfide) groups is 1. The quantitative estimate of drug-likeness (QED) is 0.808. The second-order valence-corrected chi connectivity index (χ2v) is 7.75. The second kappa shape index (κ2) is 8.48. The minimum Gasteiger partial charge on any atom is -0.478 e. The van der Waals surface area contributed by atoms with Gasteiger partial charge in [0.25, 0.3) is 0 Å². The first-order valence-corrected chi connectivity index (χ1v) is 10.1. The van der Waals surface area contributed by atoms with Crippen molar-refractivity contribution in [3.05, 3.63) is 64.7 Å². The van der Waals surface area contributed by atoms with E-state index in [0.29, 0.717) is 17.2 Å². The van der Waals surface area contributed by atoms with Gasteiger partial charge in [0.05, 0.1) is 17.9 Å². The van der Waals surface area contributed by atoms with Crippen LogP contribution in [0.2, 0.25) is 0 Å². The van der Waals surface area contributed by atoms with Crippen LogP contribution in [0.3, 0.4) is 0 Å². The van der Waals surface area contributed by atoms with Crippen molar-refractivity contribution in [1.29, 1.82) is 0 Å². The molecule has 1 saturated heterocycles. The zero-order chi connectivity index (χ0) is 20.3. The summed E-state index contributed by atoms with van der Waals surface area (Å²) in [5, 5.41) is 12.2. The average Bonchev–Trinajstić information content (AvgIpc) is 3.16. The molecule has 1 unspecified atom stereocenters. The third kappa shape index (κ3) is 4.20. The number of carboxylic acids is 1. The Morgan fingerprint density at radius 3 is 2.64 bits per heavy atom. The molecule has 2 N–H and O–H groups in total. The number of carbonyl (C=O) groups is 3. The highest BCUT2D eigenvalue weighted by atomic mass is 32.2. The number of hydrogen-bond donors (Lipinski definition) is 2. The minimum absolute atomic E-state index is 0.0454. The van der Waals surface area contributed by atoms with E-state index >= 15 is 0 Å². The number of benzene rings is 2. The van der Waals surface area contributed by atoms with Gasteiger partial charge in [-0.1, -0.05) is 30.3 Å². The summed E-state index contributed by atoms with van der Waals surface area (Å²) in [5.74, 6) is -0.607. The zero-order valence-electron chi connectivity index (χ0n) is 15.8. The molecule has 1 fully saturated rings. The summed E-state index contributed by atoms with van der Waals surface area (Å²) in [6.07, 6.45) is -0.0454. The average molecular weight is 398 g/mol. The number of aromatic carboxylic acids is 1. The van der Waals surface area contributed by atoms with Gasteiger partial charge in [0.1, 0.15) is 6.04 Å². The summed E-state index contributed by atoms with van der Waals surface area (Å²) in [7, 11) is 0. The highest BCUT2D eigenvalue weighted by Gasteiger charge is 2.35. The fourth-order valence-electron chi connectivity index (χ4n) is 3.16. The minimum atomic E-state index is -1.07. The smallest absolute Gasteiger partial charge is 0.335 e. The molecule has 3 rings (SSSR count). The van der Waals surface area contributed by atoms with Gasteiger partial charge in [0.15, 0.2) is 0 Å². The summed E-state index contributed by atoms with van der Waals surface area (Å²) in [5.41, 5.74) is 3.38. The van der Waals surface area contributed by atoms with Gasteiger partial charge in [-0.15, -0.1) is 11.8 Å². The van der Waals surface area contributed by atoms with E-state index in [2.05, 4.69) is 5.32 Å². The van der Waals surface area contributed by atoms with Crippen molar-refractivity contribution in [1.82, 2.24) is 4.90 Å². The van der Waals surface area contributed by atoms with Crippen LogP contribution >= 0.6 is 11.8 Å². The van der Waals surface area contributed by atoms with Crippen molar-refractivity contribution < 1.29 is 19.5 Å². The van der Waals surface area contributed by atoms with Crippen molar-refractivity contribution in [2.24, 2.45) is 0 Å². The maximum Gasteiger partial charge on any atom is 0.335 e. The molecule has 2 aromatic carbocycles. The molecule has 0 aromatic heterocycles. The Hall–Kier alpha value is -2.80. The van der Waals surface area contributed by atoms with Crippen LogP contribution in [-0.4, -0.2) is 45.5 Å². The zero-order valence-corrected chi connectivity index (χ0v) is 16.6. The molecule has 0 bridgehead atoms. The molecule has 0 aliphatic carbocycles. The lowest BCUT2D eigenvalue weighted by Gasteiger charge is -2.24. The van der Waals surface area contributed by atoms with E-state index in [4.69, 9.17) is 0 Å². The SMILES string of the molecule is Cc1cccc(NC(=O)C2CSCN2C(=O)Cc2ccccc2C(=O)O)c1C. The van der Waals surface area contributed by atoms with E-state index in [0.717, 1.165) is 16.8 Å². The number of rotatable bonds is 5. The van der Waals surface area contributed by atoms with Gasteiger partial charge in [-0.05, 0) is 42.7 Å². The lowest BCUT2D eigenvalue weighted by atomic mass is 10.0. The van der Waals surface area contributed by atoms with Gasteiger partial charge in [-0.25, -0.2) is 4.79 Å². The Balaban J connectivity index is 1.73. The maximum atomic E-state index is 12.8. The molecule has 2 amide bonds. The predicted molar refractivity (Wildman–Crippen MR) is 110 cm³/mol. The van der Waals surface area contributed by atoms with Gasteiger partial charge in [0, 0.05) is 11.4 Å². The highest BCUT2D eigenvalue weighted by molar-refractivity contribution is 7.99. The first-order valence-electron chi connectivity index (χ1n) is 8.94. The van der Waals surface area contributed by atoms with Crippen LogP contribution in [0.1, 0.15) is 27.0 Å². The second-order valence-electron chi connectivity index (χ2n) is 6.76. The molecule has 28 heavy (non-hydrogen) atoms. The topological polar surface area (TPSA) is 86.7 Å². The Morgan fingerprint density at radius 1 is 1.14 bits per heavy atom. The van der Waals surface area contributed by atoms with Crippen LogP contribution < -0.4 is 5.32 Å². The molecule has 6 nitrogen and oxygen atoms in total. The number of carboxylic acid groups (broad SMARTS) is 1. The monoisotopic (exact) mass is 398 g/mol. The number of nitrogens with one attached hydrogen (secondary N) is 1. The van der Waals surface area contributed by atoms with Crippen LogP contribution in [0.4, 0.5) is 5.69 Å². The summed E-state index contributed by atoms with van der Waals surface area (Å²) < 4.78 is 0. The summed E-state index contributed by atoms with van der Waals surface area (Å²) in [6.45, 7) is 3.92. The van der Waals surface area contributed by atoms with Gasteiger partial charge in [-0.3, -0.25) is 9.59 Å². The molecule has 146 valence electrons. The number of carbonyl (C=O) groups excluding carboxylic acids is 2. The Kier molecular flexibility index (Phi) is 6.04. The number of nitrogens with zero attached hydrogens (tertiary/aromatic N) is 1. The van der Waals surface area contributed by atoms with Crippen LogP contribution in [-0.2, 0) is 16.0 Å².